The van der Waals surface area contributed by atoms with Crippen LogP contribution in [-0.4, -0.2) is 58.4 Å². The zero-order chi connectivity index (χ0) is 15.7. The van der Waals surface area contributed by atoms with Crippen LogP contribution in [0.4, 0.5) is 4.79 Å². The molecule has 3 rings (SSSR count). The number of H-pyrrole nitrogens is 1. The molecule has 0 aromatic carbocycles. The van der Waals surface area contributed by atoms with Crippen molar-refractivity contribution < 1.29 is 9.53 Å². The van der Waals surface area contributed by atoms with Crippen molar-refractivity contribution in [2.45, 2.75) is 45.3 Å². The number of carbonyl (C=O) groups is 1. The fourth-order valence-electron chi connectivity index (χ4n) is 3.58. The molecule has 1 amide bonds. The lowest BCUT2D eigenvalue weighted by Gasteiger charge is -2.38. The van der Waals surface area contributed by atoms with Crippen LogP contribution in [0.5, 0.6) is 0 Å². The van der Waals surface area contributed by atoms with Gasteiger partial charge in [0.15, 0.2) is 0 Å². The van der Waals surface area contributed by atoms with E-state index in [-0.39, 0.29) is 11.7 Å². The molecule has 2 aliphatic heterocycles. The molecular formula is C16H26N4O2. The lowest BCUT2D eigenvalue weighted by atomic mass is 9.92. The fraction of sp³-hybridized carbons (Fsp3) is 0.750. The van der Waals surface area contributed by atoms with Gasteiger partial charge in [-0.3, -0.25) is 10.00 Å². The van der Waals surface area contributed by atoms with Gasteiger partial charge in [0.2, 0.25) is 0 Å². The second-order valence-corrected chi connectivity index (χ2v) is 7.20. The minimum Gasteiger partial charge on any atom is -0.440 e. The number of nitrogens with one attached hydrogen (secondary N) is 1. The number of hydrogen-bond donors (Lipinski definition) is 1. The SMILES string of the molecule is CC(C)Cc1cc(CN2CCC[C@]3(C2)CN(C)C(=O)O3)[nH]n1. The van der Waals surface area contributed by atoms with Gasteiger partial charge in [-0.2, -0.15) is 5.10 Å². The molecule has 1 atom stereocenters. The van der Waals surface area contributed by atoms with Gasteiger partial charge < -0.3 is 9.64 Å². The van der Waals surface area contributed by atoms with Crippen LogP contribution in [0.3, 0.4) is 0 Å². The average molecular weight is 306 g/mol. The van der Waals surface area contributed by atoms with Crippen LogP contribution in [0.25, 0.3) is 0 Å². The lowest BCUT2D eigenvalue weighted by Crippen LogP contribution is -2.50. The molecule has 1 aromatic heterocycles. The van der Waals surface area contributed by atoms with E-state index in [0.717, 1.165) is 50.3 Å². The van der Waals surface area contributed by atoms with Gasteiger partial charge in [0, 0.05) is 25.8 Å². The molecule has 6 heteroatoms. The highest BCUT2D eigenvalue weighted by molar-refractivity contribution is 5.70. The third kappa shape index (κ3) is 3.27. The quantitative estimate of drug-likeness (QED) is 0.924. The summed E-state index contributed by atoms with van der Waals surface area (Å²) >= 11 is 0. The maximum Gasteiger partial charge on any atom is 0.410 e. The van der Waals surface area contributed by atoms with E-state index in [2.05, 4.69) is 35.0 Å². The van der Waals surface area contributed by atoms with Crippen LogP contribution in [0, 0.1) is 5.92 Å². The zero-order valence-electron chi connectivity index (χ0n) is 13.8. The molecule has 22 heavy (non-hydrogen) atoms. The molecule has 1 N–H and O–H groups in total. The molecule has 0 unspecified atom stereocenters. The third-order valence-electron chi connectivity index (χ3n) is 4.45. The van der Waals surface area contributed by atoms with Crippen molar-refractivity contribution in [1.29, 1.82) is 0 Å². The minimum absolute atomic E-state index is 0.192. The van der Waals surface area contributed by atoms with Crippen LogP contribution in [0.2, 0.25) is 0 Å². The van der Waals surface area contributed by atoms with E-state index in [0.29, 0.717) is 12.5 Å². The Hall–Kier alpha value is -1.56. The van der Waals surface area contributed by atoms with E-state index in [9.17, 15) is 4.79 Å². The second-order valence-electron chi connectivity index (χ2n) is 7.20. The van der Waals surface area contributed by atoms with E-state index in [4.69, 9.17) is 4.74 Å². The Labute approximate surface area is 131 Å². The lowest BCUT2D eigenvalue weighted by molar-refractivity contribution is -0.0116. The Morgan fingerprint density at radius 2 is 2.27 bits per heavy atom. The van der Waals surface area contributed by atoms with Crippen molar-refractivity contribution in [3.8, 4) is 0 Å². The van der Waals surface area contributed by atoms with Crippen LogP contribution >= 0.6 is 0 Å². The number of likely N-dealkylation sites (tertiary alicyclic amines) is 1. The average Bonchev–Trinajstić information content (AvgIpc) is 2.95. The summed E-state index contributed by atoms with van der Waals surface area (Å²) in [6.45, 7) is 7.79. The zero-order valence-corrected chi connectivity index (χ0v) is 13.8. The number of carbonyl (C=O) groups excluding carboxylic acids is 1. The van der Waals surface area contributed by atoms with Gasteiger partial charge in [-0.15, -0.1) is 0 Å². The Balaban J connectivity index is 1.61. The van der Waals surface area contributed by atoms with E-state index < -0.39 is 0 Å². The molecular weight excluding hydrogens is 280 g/mol. The highest BCUT2D eigenvalue weighted by atomic mass is 16.6. The molecule has 2 saturated heterocycles. The molecule has 1 aromatic rings. The molecule has 0 bridgehead atoms. The number of hydrogen-bond acceptors (Lipinski definition) is 4. The van der Waals surface area contributed by atoms with Crippen LogP contribution in [0.1, 0.15) is 38.1 Å². The predicted molar refractivity (Wildman–Crippen MR) is 83.5 cm³/mol. The Bertz CT molecular complexity index is 542. The van der Waals surface area contributed by atoms with Gasteiger partial charge in [0.05, 0.1) is 12.2 Å². The highest BCUT2D eigenvalue weighted by Crippen LogP contribution is 2.31. The number of nitrogens with zero attached hydrogens (tertiary/aromatic N) is 3. The summed E-state index contributed by atoms with van der Waals surface area (Å²) in [6.07, 6.45) is 2.83. The first kappa shape index (κ1) is 15.3. The van der Waals surface area contributed by atoms with E-state index in [1.807, 2.05) is 7.05 Å². The van der Waals surface area contributed by atoms with Gasteiger partial charge in [-0.05, 0) is 37.8 Å². The topological polar surface area (TPSA) is 61.5 Å². The Morgan fingerprint density at radius 1 is 1.45 bits per heavy atom. The number of aromatic nitrogens is 2. The first-order valence-corrected chi connectivity index (χ1v) is 8.15. The van der Waals surface area contributed by atoms with Crippen molar-refractivity contribution in [1.82, 2.24) is 20.0 Å². The number of rotatable bonds is 4. The second kappa shape index (κ2) is 5.91. The first-order chi connectivity index (χ1) is 10.5. The number of aromatic amines is 1. The molecule has 0 radical (unpaired) electrons. The largest absolute Gasteiger partial charge is 0.440 e. The van der Waals surface area contributed by atoms with Gasteiger partial charge >= 0.3 is 6.09 Å². The van der Waals surface area contributed by atoms with Crippen molar-refractivity contribution >= 4 is 6.09 Å². The van der Waals surface area contributed by atoms with E-state index in [1.165, 1.54) is 0 Å². The normalized spacial score (nSPS) is 26.2. The number of amides is 1. The predicted octanol–water partition coefficient (Wildman–Crippen LogP) is 2.02. The molecule has 122 valence electrons. The summed E-state index contributed by atoms with van der Waals surface area (Å²) in [5.41, 5.74) is 1.96. The fourth-order valence-corrected chi connectivity index (χ4v) is 3.58. The summed E-state index contributed by atoms with van der Waals surface area (Å²) in [4.78, 5) is 15.7. The molecule has 0 aliphatic carbocycles. The molecule has 6 nitrogen and oxygen atoms in total. The number of likely N-dealkylation sites (N-methyl/N-ethyl adjacent to an activating group) is 1. The maximum absolute atomic E-state index is 11.7. The van der Waals surface area contributed by atoms with Crippen molar-refractivity contribution in [2.75, 3.05) is 26.7 Å². The van der Waals surface area contributed by atoms with E-state index in [1.54, 1.807) is 4.90 Å². The van der Waals surface area contributed by atoms with Crippen molar-refractivity contribution in [3.63, 3.8) is 0 Å². The van der Waals surface area contributed by atoms with E-state index >= 15 is 0 Å². The Morgan fingerprint density at radius 3 is 2.95 bits per heavy atom. The molecule has 3 heterocycles. The minimum atomic E-state index is -0.315. The molecule has 2 fully saturated rings. The summed E-state index contributed by atoms with van der Waals surface area (Å²) < 4.78 is 5.65. The summed E-state index contributed by atoms with van der Waals surface area (Å²) in [6, 6.07) is 2.16. The van der Waals surface area contributed by atoms with Crippen LogP contribution in [-0.2, 0) is 17.7 Å². The van der Waals surface area contributed by atoms with Crippen molar-refractivity contribution in [2.24, 2.45) is 5.92 Å². The maximum atomic E-state index is 11.7. The van der Waals surface area contributed by atoms with Crippen molar-refractivity contribution in [3.05, 3.63) is 17.5 Å². The van der Waals surface area contributed by atoms with Gasteiger partial charge in [0.25, 0.3) is 0 Å². The molecule has 1 spiro atoms. The summed E-state index contributed by atoms with van der Waals surface area (Å²) in [5, 5.41) is 7.53. The van der Waals surface area contributed by atoms with Gasteiger partial charge in [-0.1, -0.05) is 13.8 Å². The molecule has 0 saturated carbocycles. The standard InChI is InChI=1S/C16H26N4O2/c1-12(2)7-13-8-14(18-17-13)9-20-6-4-5-16(11-20)10-19(3)15(21)22-16/h8,12H,4-7,9-11H2,1-3H3,(H,17,18)/t16-/m1/s1. The van der Waals surface area contributed by atoms with Gasteiger partial charge in [0.1, 0.15) is 5.60 Å². The third-order valence-corrected chi connectivity index (χ3v) is 4.45. The number of piperidine rings is 1. The first-order valence-electron chi connectivity index (χ1n) is 8.15. The monoisotopic (exact) mass is 306 g/mol. The van der Waals surface area contributed by atoms with Crippen LogP contribution in [0.15, 0.2) is 6.07 Å². The Kier molecular flexibility index (Phi) is 4.12. The summed E-state index contributed by atoms with van der Waals surface area (Å²) in [7, 11) is 1.81. The van der Waals surface area contributed by atoms with Gasteiger partial charge in [-0.25, -0.2) is 4.79 Å². The smallest absolute Gasteiger partial charge is 0.410 e. The van der Waals surface area contributed by atoms with Crippen LogP contribution < -0.4 is 0 Å². The summed E-state index contributed by atoms with van der Waals surface area (Å²) in [5.74, 6) is 0.614. The molecule has 2 aliphatic rings. The highest BCUT2D eigenvalue weighted by Gasteiger charge is 2.46. The number of ether oxygens (including phenoxy) is 1.